The van der Waals surface area contributed by atoms with Gasteiger partial charge in [-0.25, -0.2) is 0 Å². The Labute approximate surface area is 176 Å². The lowest BCUT2D eigenvalue weighted by Gasteiger charge is -2.36. The van der Waals surface area contributed by atoms with Crippen molar-refractivity contribution in [1.29, 1.82) is 10.5 Å². The summed E-state index contributed by atoms with van der Waals surface area (Å²) >= 11 is 0. The normalized spacial score (nSPS) is 13.7. The number of alkyl halides is 3. The fourth-order valence-electron chi connectivity index (χ4n) is 3.09. The molecular formula is C21H17F3N6O. The number of nitrogens with zero attached hydrogens (tertiary/aromatic N) is 5. The van der Waals surface area contributed by atoms with Crippen LogP contribution in [-0.4, -0.2) is 42.7 Å². The van der Waals surface area contributed by atoms with Gasteiger partial charge in [0.1, 0.15) is 12.1 Å². The Morgan fingerprint density at radius 1 is 0.935 bits per heavy atom. The third kappa shape index (κ3) is 5.31. The Morgan fingerprint density at radius 3 is 2.03 bits per heavy atom. The summed E-state index contributed by atoms with van der Waals surface area (Å²) in [5.74, 6) is -0.156. The van der Waals surface area contributed by atoms with Crippen molar-refractivity contribution in [2.24, 2.45) is 5.10 Å². The maximum absolute atomic E-state index is 12.7. The lowest BCUT2D eigenvalue weighted by atomic mass is 10.1. The minimum Gasteiger partial charge on any atom is -0.368 e. The van der Waals surface area contributed by atoms with Crippen molar-refractivity contribution in [3.05, 3.63) is 59.7 Å². The van der Waals surface area contributed by atoms with Crippen molar-refractivity contribution >= 4 is 23.0 Å². The van der Waals surface area contributed by atoms with Crippen LogP contribution in [0.3, 0.4) is 0 Å². The Morgan fingerprint density at radius 2 is 1.52 bits per heavy atom. The first kappa shape index (κ1) is 21.7. The summed E-state index contributed by atoms with van der Waals surface area (Å²) in [5.41, 5.74) is 3.24. The van der Waals surface area contributed by atoms with Crippen molar-refractivity contribution < 1.29 is 18.0 Å². The lowest BCUT2D eigenvalue weighted by Crippen LogP contribution is -2.48. The van der Waals surface area contributed by atoms with E-state index in [4.69, 9.17) is 10.5 Å². The number of benzene rings is 2. The number of hydrazone groups is 1. The van der Waals surface area contributed by atoms with E-state index in [0.29, 0.717) is 43.1 Å². The highest BCUT2D eigenvalue weighted by Gasteiger charge is 2.30. The zero-order chi connectivity index (χ0) is 22.4. The molecule has 0 bridgehead atoms. The number of carbonyl (C=O) groups is 1. The summed E-state index contributed by atoms with van der Waals surface area (Å²) in [7, 11) is 0. The van der Waals surface area contributed by atoms with Crippen LogP contribution in [0.5, 0.6) is 0 Å². The van der Waals surface area contributed by atoms with E-state index in [9.17, 15) is 18.0 Å². The van der Waals surface area contributed by atoms with Gasteiger partial charge in [0.05, 0.1) is 11.3 Å². The third-order valence-corrected chi connectivity index (χ3v) is 4.77. The standard InChI is InChI=1S/C21H17F3N6O/c22-21(23,24)16-3-7-19(8-4-16)29-9-11-30(12-10-29)20(31)15-1-5-17(6-2-15)27-28-18(13-25)14-26/h1-8,27H,9-12H2. The molecule has 1 heterocycles. The summed E-state index contributed by atoms with van der Waals surface area (Å²) in [4.78, 5) is 16.3. The zero-order valence-electron chi connectivity index (χ0n) is 16.2. The Kier molecular flexibility index (Phi) is 6.41. The van der Waals surface area contributed by atoms with Crippen molar-refractivity contribution in [2.75, 3.05) is 36.5 Å². The molecule has 1 N–H and O–H groups in total. The summed E-state index contributed by atoms with van der Waals surface area (Å²) in [5, 5.41) is 21.0. The smallest absolute Gasteiger partial charge is 0.368 e. The molecule has 10 heteroatoms. The first-order valence-electron chi connectivity index (χ1n) is 9.27. The van der Waals surface area contributed by atoms with E-state index in [1.165, 1.54) is 12.1 Å². The summed E-state index contributed by atoms with van der Waals surface area (Å²) < 4.78 is 38.1. The highest BCUT2D eigenvalue weighted by Crippen LogP contribution is 2.30. The van der Waals surface area contributed by atoms with E-state index in [0.717, 1.165) is 12.1 Å². The predicted octanol–water partition coefficient (Wildman–Crippen LogP) is 3.48. The molecule has 1 amide bonds. The topological polar surface area (TPSA) is 95.5 Å². The average Bonchev–Trinajstić information content (AvgIpc) is 2.79. The van der Waals surface area contributed by atoms with E-state index in [1.807, 2.05) is 4.90 Å². The number of rotatable bonds is 4. The zero-order valence-corrected chi connectivity index (χ0v) is 16.2. The molecule has 0 aromatic heterocycles. The molecule has 0 atom stereocenters. The minimum atomic E-state index is -4.37. The molecule has 1 saturated heterocycles. The van der Waals surface area contributed by atoms with E-state index >= 15 is 0 Å². The SMILES string of the molecule is N#CC(C#N)=NNc1ccc(C(=O)N2CCN(c3ccc(C(F)(F)F)cc3)CC2)cc1. The van der Waals surface area contributed by atoms with E-state index < -0.39 is 11.7 Å². The molecule has 0 unspecified atom stereocenters. The largest absolute Gasteiger partial charge is 0.416 e. The fraction of sp³-hybridized carbons (Fsp3) is 0.238. The molecule has 0 saturated carbocycles. The van der Waals surface area contributed by atoms with Crippen LogP contribution in [0.1, 0.15) is 15.9 Å². The number of halogens is 3. The van der Waals surface area contributed by atoms with Gasteiger partial charge in [0.15, 0.2) is 0 Å². The summed E-state index contributed by atoms with van der Waals surface area (Å²) in [6.45, 7) is 1.91. The van der Waals surface area contributed by atoms with Gasteiger partial charge < -0.3 is 9.80 Å². The molecule has 1 aliphatic heterocycles. The molecule has 3 rings (SSSR count). The number of amides is 1. The summed E-state index contributed by atoms with van der Waals surface area (Å²) in [6, 6.07) is 14.7. The van der Waals surface area contributed by atoms with Crippen molar-refractivity contribution in [3.8, 4) is 12.1 Å². The quantitative estimate of drug-likeness (QED) is 0.597. The highest BCUT2D eigenvalue weighted by atomic mass is 19.4. The Hall–Kier alpha value is -4.05. The molecular weight excluding hydrogens is 409 g/mol. The number of nitriles is 2. The molecule has 158 valence electrons. The third-order valence-electron chi connectivity index (χ3n) is 4.77. The van der Waals surface area contributed by atoms with Gasteiger partial charge in [-0.3, -0.25) is 10.2 Å². The van der Waals surface area contributed by atoms with Gasteiger partial charge in [-0.2, -0.15) is 28.8 Å². The van der Waals surface area contributed by atoms with Gasteiger partial charge in [0.25, 0.3) is 5.91 Å². The second-order valence-electron chi connectivity index (χ2n) is 6.70. The number of anilines is 2. The van der Waals surface area contributed by atoms with Gasteiger partial charge >= 0.3 is 6.18 Å². The van der Waals surface area contributed by atoms with E-state index in [-0.39, 0.29) is 11.6 Å². The van der Waals surface area contributed by atoms with Crippen LogP contribution in [0.2, 0.25) is 0 Å². The average molecular weight is 426 g/mol. The van der Waals surface area contributed by atoms with Crippen molar-refractivity contribution in [2.45, 2.75) is 6.18 Å². The van der Waals surface area contributed by atoms with Gasteiger partial charge in [-0.05, 0) is 48.5 Å². The first-order chi connectivity index (χ1) is 14.8. The molecule has 1 fully saturated rings. The van der Waals surface area contributed by atoms with Crippen LogP contribution in [0.15, 0.2) is 53.6 Å². The van der Waals surface area contributed by atoms with E-state index in [2.05, 4.69) is 10.5 Å². The number of carbonyl (C=O) groups excluding carboxylic acids is 1. The Balaban J connectivity index is 1.57. The van der Waals surface area contributed by atoms with Crippen LogP contribution in [0.4, 0.5) is 24.5 Å². The second-order valence-corrected chi connectivity index (χ2v) is 6.70. The molecule has 31 heavy (non-hydrogen) atoms. The van der Waals surface area contributed by atoms with E-state index in [1.54, 1.807) is 41.3 Å². The predicted molar refractivity (Wildman–Crippen MR) is 108 cm³/mol. The van der Waals surface area contributed by atoms with Gasteiger partial charge in [0.2, 0.25) is 5.71 Å². The monoisotopic (exact) mass is 426 g/mol. The Bertz CT molecular complexity index is 1020. The highest BCUT2D eigenvalue weighted by molar-refractivity contribution is 6.10. The van der Waals surface area contributed by atoms with Crippen LogP contribution in [0.25, 0.3) is 0 Å². The van der Waals surface area contributed by atoms with Crippen LogP contribution in [-0.2, 0) is 6.18 Å². The van der Waals surface area contributed by atoms with Crippen molar-refractivity contribution in [1.82, 2.24) is 4.90 Å². The molecule has 0 spiro atoms. The van der Waals surface area contributed by atoms with Crippen LogP contribution in [0, 0.1) is 22.7 Å². The van der Waals surface area contributed by atoms with Crippen molar-refractivity contribution in [3.63, 3.8) is 0 Å². The lowest BCUT2D eigenvalue weighted by molar-refractivity contribution is -0.137. The minimum absolute atomic E-state index is 0.156. The van der Waals surface area contributed by atoms with Gasteiger partial charge in [-0.15, -0.1) is 0 Å². The second kappa shape index (κ2) is 9.18. The number of hydrogen-bond donors (Lipinski definition) is 1. The first-order valence-corrected chi connectivity index (χ1v) is 9.27. The fourth-order valence-corrected chi connectivity index (χ4v) is 3.09. The molecule has 0 aliphatic carbocycles. The number of piperazine rings is 1. The molecule has 0 radical (unpaired) electrons. The molecule has 2 aromatic rings. The molecule has 7 nitrogen and oxygen atoms in total. The number of hydrogen-bond acceptors (Lipinski definition) is 6. The summed E-state index contributed by atoms with van der Waals surface area (Å²) in [6.07, 6.45) is -4.37. The number of nitrogens with one attached hydrogen (secondary N) is 1. The van der Waals surface area contributed by atoms with Crippen LogP contribution < -0.4 is 10.3 Å². The molecule has 1 aliphatic rings. The maximum atomic E-state index is 12.7. The maximum Gasteiger partial charge on any atom is 0.416 e. The van der Waals surface area contributed by atoms with Gasteiger partial charge in [-0.1, -0.05) is 0 Å². The van der Waals surface area contributed by atoms with Crippen LogP contribution >= 0.6 is 0 Å². The molecule has 2 aromatic carbocycles. The van der Waals surface area contributed by atoms with Gasteiger partial charge in [0, 0.05) is 37.4 Å².